The lowest BCUT2D eigenvalue weighted by molar-refractivity contribution is 0.263. The van der Waals surface area contributed by atoms with Gasteiger partial charge >= 0.3 is 0 Å². The van der Waals surface area contributed by atoms with Crippen molar-refractivity contribution in [1.82, 2.24) is 0 Å². The van der Waals surface area contributed by atoms with Crippen LogP contribution in [0.5, 0.6) is 0 Å². The van der Waals surface area contributed by atoms with Crippen LogP contribution in [-0.2, 0) is 9.84 Å². The number of hydrogen-bond acceptors (Lipinski definition) is 4. The zero-order valence-electron chi connectivity index (χ0n) is 12.0. The number of aliphatic hydroxyl groups excluding tert-OH is 1. The first-order chi connectivity index (χ1) is 9.56. The van der Waals surface area contributed by atoms with Gasteiger partial charge in [0.25, 0.3) is 0 Å². The van der Waals surface area contributed by atoms with Crippen LogP contribution in [0.15, 0.2) is 29.2 Å². The van der Waals surface area contributed by atoms with Crippen molar-refractivity contribution in [3.63, 3.8) is 0 Å². The second-order valence-electron chi connectivity index (χ2n) is 5.43. The van der Waals surface area contributed by atoms with E-state index < -0.39 is 9.84 Å². The molecule has 0 spiro atoms. The Hall–Kier alpha value is -1.07. The van der Waals surface area contributed by atoms with E-state index in [1.807, 2.05) is 19.1 Å². The van der Waals surface area contributed by atoms with Gasteiger partial charge in [0.1, 0.15) is 0 Å². The normalized spacial score (nSPS) is 19.5. The fraction of sp³-hybridized carbons (Fsp3) is 0.600. The van der Waals surface area contributed by atoms with Crippen molar-refractivity contribution in [2.24, 2.45) is 5.92 Å². The summed E-state index contributed by atoms with van der Waals surface area (Å²) in [5.74, 6) is 0.748. The molecule has 20 heavy (non-hydrogen) atoms. The summed E-state index contributed by atoms with van der Waals surface area (Å²) >= 11 is 0. The fourth-order valence-corrected chi connectivity index (χ4v) is 4.06. The Bertz CT molecular complexity index is 525. The van der Waals surface area contributed by atoms with Gasteiger partial charge in [-0.25, -0.2) is 8.42 Å². The molecule has 1 aromatic rings. The summed E-state index contributed by atoms with van der Waals surface area (Å²) < 4.78 is 23.9. The molecule has 4 nitrogen and oxygen atoms in total. The first-order valence-electron chi connectivity index (χ1n) is 7.25. The van der Waals surface area contributed by atoms with Crippen LogP contribution in [-0.4, -0.2) is 39.0 Å². The van der Waals surface area contributed by atoms with Crippen molar-refractivity contribution < 1.29 is 13.5 Å². The molecular formula is C15H23NO3S. The van der Waals surface area contributed by atoms with E-state index in [0.717, 1.165) is 31.6 Å². The number of sulfone groups is 1. The number of benzene rings is 1. The molecule has 1 N–H and O–H groups in total. The molecule has 0 saturated carbocycles. The van der Waals surface area contributed by atoms with Crippen molar-refractivity contribution in [2.45, 2.75) is 31.1 Å². The smallest absolute Gasteiger partial charge is 0.178 e. The molecule has 112 valence electrons. The molecule has 1 atom stereocenters. The van der Waals surface area contributed by atoms with Gasteiger partial charge in [0, 0.05) is 25.4 Å². The molecule has 1 aromatic carbocycles. The van der Waals surface area contributed by atoms with Crippen LogP contribution >= 0.6 is 0 Å². The Kier molecular flexibility index (Phi) is 5.05. The van der Waals surface area contributed by atoms with E-state index in [4.69, 9.17) is 5.11 Å². The number of aliphatic hydroxyl groups is 1. The highest BCUT2D eigenvalue weighted by Gasteiger charge is 2.22. The molecule has 0 amide bonds. The van der Waals surface area contributed by atoms with Gasteiger partial charge in [0.15, 0.2) is 9.84 Å². The summed E-state index contributed by atoms with van der Waals surface area (Å²) in [6.07, 6.45) is 2.58. The first kappa shape index (κ1) is 15.3. The van der Waals surface area contributed by atoms with Crippen LogP contribution in [0.25, 0.3) is 0 Å². The van der Waals surface area contributed by atoms with E-state index in [-0.39, 0.29) is 12.4 Å². The monoisotopic (exact) mass is 297 g/mol. The van der Waals surface area contributed by atoms with E-state index in [1.54, 1.807) is 12.1 Å². The highest BCUT2D eigenvalue weighted by atomic mass is 32.2. The molecule has 1 aliphatic rings. The van der Waals surface area contributed by atoms with Crippen molar-refractivity contribution in [3.05, 3.63) is 24.3 Å². The molecule has 1 aliphatic heterocycles. The number of hydrogen-bond donors (Lipinski definition) is 1. The Morgan fingerprint density at radius 1 is 1.30 bits per heavy atom. The maximum atomic E-state index is 12.0. The minimum atomic E-state index is -3.12. The second kappa shape index (κ2) is 6.59. The lowest BCUT2D eigenvalue weighted by Gasteiger charge is -2.19. The lowest BCUT2D eigenvalue weighted by atomic mass is 10.1. The molecule has 1 saturated heterocycles. The third-order valence-electron chi connectivity index (χ3n) is 3.86. The van der Waals surface area contributed by atoms with Gasteiger partial charge in [-0.2, -0.15) is 0 Å². The van der Waals surface area contributed by atoms with E-state index in [9.17, 15) is 8.42 Å². The van der Waals surface area contributed by atoms with E-state index in [1.165, 1.54) is 0 Å². The molecular weight excluding hydrogens is 274 g/mol. The minimum absolute atomic E-state index is 0.203. The molecule has 0 radical (unpaired) electrons. The molecule has 0 aliphatic carbocycles. The van der Waals surface area contributed by atoms with Gasteiger partial charge in [-0.1, -0.05) is 6.92 Å². The number of anilines is 1. The van der Waals surface area contributed by atoms with Gasteiger partial charge in [0.2, 0.25) is 0 Å². The average Bonchev–Trinajstić information content (AvgIpc) is 2.88. The highest BCUT2D eigenvalue weighted by Crippen LogP contribution is 2.26. The topological polar surface area (TPSA) is 57.6 Å². The van der Waals surface area contributed by atoms with Crippen molar-refractivity contribution in [1.29, 1.82) is 0 Å². The lowest BCUT2D eigenvalue weighted by Crippen LogP contribution is -2.20. The Balaban J connectivity index is 2.06. The Morgan fingerprint density at radius 2 is 2.00 bits per heavy atom. The Morgan fingerprint density at radius 3 is 2.60 bits per heavy atom. The fourth-order valence-electron chi connectivity index (χ4n) is 2.74. The minimum Gasteiger partial charge on any atom is -0.396 e. The second-order valence-corrected chi connectivity index (χ2v) is 7.53. The Labute approximate surface area is 121 Å². The summed E-state index contributed by atoms with van der Waals surface area (Å²) in [4.78, 5) is 2.67. The van der Waals surface area contributed by atoms with Crippen molar-refractivity contribution >= 4 is 15.5 Å². The highest BCUT2D eigenvalue weighted by molar-refractivity contribution is 7.91. The van der Waals surface area contributed by atoms with Crippen LogP contribution < -0.4 is 4.90 Å². The SMILES string of the molecule is CCCS(=O)(=O)c1ccc(N2CCC(CCO)C2)cc1. The predicted molar refractivity (Wildman–Crippen MR) is 80.8 cm³/mol. The van der Waals surface area contributed by atoms with Crippen molar-refractivity contribution in [2.75, 3.05) is 30.3 Å². The quantitative estimate of drug-likeness (QED) is 0.873. The third-order valence-corrected chi connectivity index (χ3v) is 5.79. The van der Waals surface area contributed by atoms with Gasteiger partial charge in [-0.05, 0) is 49.4 Å². The summed E-state index contributed by atoms with van der Waals surface area (Å²) in [5, 5.41) is 8.97. The maximum Gasteiger partial charge on any atom is 0.178 e. The van der Waals surface area contributed by atoms with Gasteiger partial charge in [0.05, 0.1) is 10.6 Å². The summed E-state index contributed by atoms with van der Waals surface area (Å²) in [5.41, 5.74) is 1.07. The van der Waals surface area contributed by atoms with Crippen LogP contribution in [0.4, 0.5) is 5.69 Å². The molecule has 1 heterocycles. The van der Waals surface area contributed by atoms with E-state index >= 15 is 0 Å². The summed E-state index contributed by atoms with van der Waals surface area (Å²) in [6.45, 7) is 4.04. The van der Waals surface area contributed by atoms with Crippen LogP contribution in [0.3, 0.4) is 0 Å². The molecule has 5 heteroatoms. The first-order valence-corrected chi connectivity index (χ1v) is 8.90. The predicted octanol–water partition coefficient (Wildman–Crippen LogP) is 2.08. The number of nitrogens with zero attached hydrogens (tertiary/aromatic N) is 1. The van der Waals surface area contributed by atoms with Crippen LogP contribution in [0.1, 0.15) is 26.2 Å². The maximum absolute atomic E-state index is 12.0. The molecule has 0 bridgehead atoms. The zero-order chi connectivity index (χ0) is 14.6. The van der Waals surface area contributed by atoms with Crippen LogP contribution in [0, 0.1) is 5.92 Å². The number of rotatable bonds is 6. The van der Waals surface area contributed by atoms with E-state index in [2.05, 4.69) is 4.90 Å². The van der Waals surface area contributed by atoms with Gasteiger partial charge in [-0.3, -0.25) is 0 Å². The van der Waals surface area contributed by atoms with Crippen LogP contribution in [0.2, 0.25) is 0 Å². The van der Waals surface area contributed by atoms with Gasteiger partial charge in [-0.15, -0.1) is 0 Å². The third kappa shape index (κ3) is 3.52. The standard InChI is InChI=1S/C15H23NO3S/c1-2-11-20(18,19)15-5-3-14(4-6-15)16-9-7-13(12-16)8-10-17/h3-6,13,17H,2,7-12H2,1H3. The summed E-state index contributed by atoms with van der Waals surface area (Å²) in [6, 6.07) is 7.20. The van der Waals surface area contributed by atoms with E-state index in [0.29, 0.717) is 17.2 Å². The molecule has 1 fully saturated rings. The average molecular weight is 297 g/mol. The molecule has 1 unspecified atom stereocenters. The van der Waals surface area contributed by atoms with Gasteiger partial charge < -0.3 is 10.0 Å². The largest absolute Gasteiger partial charge is 0.396 e. The molecule has 2 rings (SSSR count). The molecule has 0 aromatic heterocycles. The summed E-state index contributed by atoms with van der Waals surface area (Å²) in [7, 11) is -3.12. The zero-order valence-corrected chi connectivity index (χ0v) is 12.8. The van der Waals surface area contributed by atoms with Crippen molar-refractivity contribution in [3.8, 4) is 0 Å².